The second kappa shape index (κ2) is 7.33. The molecule has 1 aliphatic rings. The third kappa shape index (κ3) is 3.67. The molecule has 0 saturated heterocycles. The van der Waals surface area contributed by atoms with Gasteiger partial charge in [0.15, 0.2) is 0 Å². The van der Waals surface area contributed by atoms with Crippen LogP contribution in [0, 0.1) is 5.92 Å². The lowest BCUT2D eigenvalue weighted by Crippen LogP contribution is -2.26. The van der Waals surface area contributed by atoms with Gasteiger partial charge in [-0.05, 0) is 24.8 Å². The first-order chi connectivity index (χ1) is 11.7. The Labute approximate surface area is 140 Å². The molecular formula is C17H22N4O3. The number of ether oxygens (including phenoxy) is 1. The first-order valence-corrected chi connectivity index (χ1v) is 8.20. The minimum Gasteiger partial charge on any atom is -0.496 e. The van der Waals surface area contributed by atoms with Crippen molar-refractivity contribution in [2.24, 2.45) is 5.92 Å². The average molecular weight is 330 g/mol. The number of benzene rings is 1. The summed E-state index contributed by atoms with van der Waals surface area (Å²) in [5, 5.41) is 9.47. The Morgan fingerprint density at radius 1 is 1.42 bits per heavy atom. The zero-order valence-corrected chi connectivity index (χ0v) is 13.7. The molecule has 0 radical (unpaired) electrons. The van der Waals surface area contributed by atoms with Crippen LogP contribution in [0.5, 0.6) is 5.75 Å². The standard InChI is InChI=1S/C17H22N4O3/c1-24-14-5-3-2-4-13(14)11-18-16(22)10-12-6-7-15-19-20-17(23)21(15)9-8-12/h2-5,12H,6-11H2,1H3,(H,18,22)(H,20,23). The molecule has 1 aromatic heterocycles. The summed E-state index contributed by atoms with van der Waals surface area (Å²) in [6.45, 7) is 1.08. The van der Waals surface area contributed by atoms with Gasteiger partial charge in [0.05, 0.1) is 7.11 Å². The van der Waals surface area contributed by atoms with Crippen molar-refractivity contribution in [2.45, 2.75) is 38.8 Å². The Bertz CT molecular complexity index is 765. The Morgan fingerprint density at radius 3 is 3.08 bits per heavy atom. The zero-order valence-electron chi connectivity index (χ0n) is 13.7. The molecule has 1 atom stereocenters. The molecular weight excluding hydrogens is 308 g/mol. The molecule has 1 unspecified atom stereocenters. The van der Waals surface area contributed by atoms with Gasteiger partial charge in [-0.1, -0.05) is 18.2 Å². The highest BCUT2D eigenvalue weighted by atomic mass is 16.5. The molecule has 0 saturated carbocycles. The topological polar surface area (TPSA) is 89.0 Å². The van der Waals surface area contributed by atoms with E-state index in [1.54, 1.807) is 11.7 Å². The number of methoxy groups -OCH3 is 1. The van der Waals surface area contributed by atoms with Gasteiger partial charge >= 0.3 is 5.69 Å². The number of H-pyrrole nitrogens is 1. The summed E-state index contributed by atoms with van der Waals surface area (Å²) in [5.41, 5.74) is 0.798. The van der Waals surface area contributed by atoms with Crippen LogP contribution in [-0.4, -0.2) is 27.8 Å². The van der Waals surface area contributed by atoms with Crippen molar-refractivity contribution >= 4 is 5.91 Å². The first kappa shape index (κ1) is 16.3. The molecule has 0 bridgehead atoms. The summed E-state index contributed by atoms with van der Waals surface area (Å²) >= 11 is 0. The van der Waals surface area contributed by atoms with E-state index in [0.717, 1.165) is 36.4 Å². The number of aryl methyl sites for hydroxylation is 1. The van der Waals surface area contributed by atoms with E-state index >= 15 is 0 Å². The van der Waals surface area contributed by atoms with Gasteiger partial charge in [0, 0.05) is 31.5 Å². The number of para-hydroxylation sites is 1. The van der Waals surface area contributed by atoms with E-state index < -0.39 is 0 Å². The summed E-state index contributed by atoms with van der Waals surface area (Å²) in [7, 11) is 1.62. The Kier molecular flexibility index (Phi) is 4.98. The van der Waals surface area contributed by atoms with Crippen LogP contribution >= 0.6 is 0 Å². The van der Waals surface area contributed by atoms with Crippen molar-refractivity contribution in [3.8, 4) is 5.75 Å². The van der Waals surface area contributed by atoms with Crippen molar-refractivity contribution in [2.75, 3.05) is 7.11 Å². The Balaban J connectivity index is 1.51. The van der Waals surface area contributed by atoms with Gasteiger partial charge < -0.3 is 10.1 Å². The van der Waals surface area contributed by atoms with Crippen LogP contribution in [0.3, 0.4) is 0 Å². The molecule has 0 spiro atoms. The molecule has 2 N–H and O–H groups in total. The smallest absolute Gasteiger partial charge is 0.343 e. The molecule has 2 heterocycles. The van der Waals surface area contributed by atoms with Crippen molar-refractivity contribution < 1.29 is 9.53 Å². The molecule has 1 aliphatic heterocycles. The molecule has 0 aliphatic carbocycles. The Hall–Kier alpha value is -2.57. The maximum atomic E-state index is 12.2. The van der Waals surface area contributed by atoms with Crippen molar-refractivity contribution in [1.29, 1.82) is 0 Å². The molecule has 1 amide bonds. The van der Waals surface area contributed by atoms with E-state index in [-0.39, 0.29) is 17.5 Å². The number of aromatic amines is 1. The highest BCUT2D eigenvalue weighted by Gasteiger charge is 2.21. The molecule has 3 rings (SSSR count). The fourth-order valence-electron chi connectivity index (χ4n) is 3.14. The quantitative estimate of drug-likeness (QED) is 0.863. The van der Waals surface area contributed by atoms with Crippen LogP contribution in [0.25, 0.3) is 0 Å². The maximum Gasteiger partial charge on any atom is 0.343 e. The lowest BCUT2D eigenvalue weighted by Gasteiger charge is -2.14. The fourth-order valence-corrected chi connectivity index (χ4v) is 3.14. The monoisotopic (exact) mass is 330 g/mol. The predicted molar refractivity (Wildman–Crippen MR) is 88.7 cm³/mol. The largest absolute Gasteiger partial charge is 0.496 e. The fraction of sp³-hybridized carbons (Fsp3) is 0.471. The first-order valence-electron chi connectivity index (χ1n) is 8.20. The number of aromatic nitrogens is 3. The van der Waals surface area contributed by atoms with Crippen LogP contribution in [0.4, 0.5) is 0 Å². The summed E-state index contributed by atoms with van der Waals surface area (Å²) < 4.78 is 6.96. The molecule has 7 nitrogen and oxygen atoms in total. The number of hydrogen-bond acceptors (Lipinski definition) is 4. The lowest BCUT2D eigenvalue weighted by molar-refractivity contribution is -0.122. The predicted octanol–water partition coefficient (Wildman–Crippen LogP) is 1.24. The highest BCUT2D eigenvalue weighted by molar-refractivity contribution is 5.76. The SMILES string of the molecule is COc1ccccc1CNC(=O)CC1CCc2n[nH]c(=O)n2CC1. The van der Waals surface area contributed by atoms with Gasteiger partial charge in [-0.25, -0.2) is 9.89 Å². The number of nitrogens with zero attached hydrogens (tertiary/aromatic N) is 2. The molecule has 128 valence electrons. The third-order valence-electron chi connectivity index (χ3n) is 4.52. The summed E-state index contributed by atoms with van der Waals surface area (Å²) in [4.78, 5) is 23.9. The highest BCUT2D eigenvalue weighted by Crippen LogP contribution is 2.21. The molecule has 24 heavy (non-hydrogen) atoms. The Morgan fingerprint density at radius 2 is 2.25 bits per heavy atom. The van der Waals surface area contributed by atoms with E-state index in [1.807, 2.05) is 24.3 Å². The molecule has 0 fully saturated rings. The summed E-state index contributed by atoms with van der Waals surface area (Å²) in [6, 6.07) is 7.65. The number of hydrogen-bond donors (Lipinski definition) is 2. The lowest BCUT2D eigenvalue weighted by atomic mass is 9.96. The van der Waals surface area contributed by atoms with Gasteiger partial charge in [0.1, 0.15) is 11.6 Å². The van der Waals surface area contributed by atoms with Crippen molar-refractivity contribution in [1.82, 2.24) is 20.1 Å². The molecule has 1 aromatic carbocycles. The summed E-state index contributed by atoms with van der Waals surface area (Å²) in [5.74, 6) is 1.86. The number of amides is 1. The van der Waals surface area contributed by atoms with Crippen LogP contribution < -0.4 is 15.7 Å². The van der Waals surface area contributed by atoms with Gasteiger partial charge in [-0.2, -0.15) is 5.10 Å². The van der Waals surface area contributed by atoms with E-state index in [1.165, 1.54) is 0 Å². The average Bonchev–Trinajstić information content (AvgIpc) is 2.82. The second-order valence-corrected chi connectivity index (χ2v) is 6.08. The van der Waals surface area contributed by atoms with Crippen LogP contribution in [0.15, 0.2) is 29.1 Å². The number of nitrogens with one attached hydrogen (secondary N) is 2. The third-order valence-corrected chi connectivity index (χ3v) is 4.52. The van der Waals surface area contributed by atoms with Crippen LogP contribution in [-0.2, 0) is 24.3 Å². The zero-order chi connectivity index (χ0) is 16.9. The number of rotatable bonds is 5. The van der Waals surface area contributed by atoms with Crippen LogP contribution in [0.1, 0.15) is 30.7 Å². The van der Waals surface area contributed by atoms with Crippen molar-refractivity contribution in [3.63, 3.8) is 0 Å². The second-order valence-electron chi connectivity index (χ2n) is 6.08. The number of carbonyl (C=O) groups excluding carboxylic acids is 1. The van der Waals surface area contributed by atoms with Gasteiger partial charge in [0.2, 0.25) is 5.91 Å². The minimum absolute atomic E-state index is 0.0272. The number of carbonyl (C=O) groups is 1. The van der Waals surface area contributed by atoms with Gasteiger partial charge in [-0.3, -0.25) is 9.36 Å². The van der Waals surface area contributed by atoms with E-state index in [9.17, 15) is 9.59 Å². The minimum atomic E-state index is -0.161. The molecule has 2 aromatic rings. The number of fused-ring (bicyclic) bond motifs is 1. The van der Waals surface area contributed by atoms with Crippen molar-refractivity contribution in [3.05, 3.63) is 46.1 Å². The van der Waals surface area contributed by atoms with E-state index in [2.05, 4.69) is 15.5 Å². The molecule has 7 heteroatoms. The van der Waals surface area contributed by atoms with Gasteiger partial charge in [0.25, 0.3) is 0 Å². The van der Waals surface area contributed by atoms with Gasteiger partial charge in [-0.15, -0.1) is 0 Å². The maximum absolute atomic E-state index is 12.2. The van der Waals surface area contributed by atoms with E-state index in [4.69, 9.17) is 4.74 Å². The van der Waals surface area contributed by atoms with E-state index in [0.29, 0.717) is 19.5 Å². The normalized spacial score (nSPS) is 17.0. The van der Waals surface area contributed by atoms with Crippen LogP contribution in [0.2, 0.25) is 0 Å². The summed E-state index contributed by atoms with van der Waals surface area (Å²) in [6.07, 6.45) is 2.88.